The molecular formula is C24H21N5O10S. The first-order valence-corrected chi connectivity index (χ1v) is 12.5. The number of amides is 4. The highest BCUT2D eigenvalue weighted by molar-refractivity contribution is 7.92. The Kier molecular flexibility index (Phi) is 8.55. The van der Waals surface area contributed by atoms with Crippen LogP contribution in [0, 0.1) is 0 Å². The van der Waals surface area contributed by atoms with E-state index in [0.717, 1.165) is 24.3 Å². The van der Waals surface area contributed by atoms with Crippen molar-refractivity contribution in [2.45, 2.75) is 4.90 Å². The Bertz CT molecular complexity index is 1640. The molecule has 3 aromatic carbocycles. The number of aromatic hydroxyl groups is 1. The van der Waals surface area contributed by atoms with Gasteiger partial charge in [-0.2, -0.15) is 0 Å². The Morgan fingerprint density at radius 2 is 1.52 bits per heavy atom. The van der Waals surface area contributed by atoms with E-state index in [2.05, 4.69) is 10.6 Å². The first kappa shape index (κ1) is 28.9. The first-order chi connectivity index (χ1) is 18.8. The predicted molar refractivity (Wildman–Crippen MR) is 140 cm³/mol. The fourth-order valence-corrected chi connectivity index (χ4v) is 4.67. The van der Waals surface area contributed by atoms with Crippen molar-refractivity contribution in [3.05, 3.63) is 77.4 Å². The quantitative estimate of drug-likeness (QED) is 0.162. The van der Waals surface area contributed by atoms with Gasteiger partial charge in [0.15, 0.2) is 0 Å². The van der Waals surface area contributed by atoms with Gasteiger partial charge in [0.05, 0.1) is 23.5 Å². The van der Waals surface area contributed by atoms with Crippen LogP contribution in [0.5, 0.6) is 5.75 Å². The Labute approximate surface area is 225 Å². The number of carbonyl (C=O) groups is 5. The number of sulfonamides is 1. The maximum absolute atomic E-state index is 13.0. The second kappa shape index (κ2) is 11.8. The van der Waals surface area contributed by atoms with Crippen LogP contribution >= 0.6 is 0 Å². The first-order valence-electron chi connectivity index (χ1n) is 11.0. The van der Waals surface area contributed by atoms with Crippen molar-refractivity contribution in [2.24, 2.45) is 5.73 Å². The summed E-state index contributed by atoms with van der Waals surface area (Å²) in [5.74, 6) is -5.21. The number of nitrogens with two attached hydrogens (primary N) is 1. The third-order valence-corrected chi connectivity index (χ3v) is 6.51. The number of nitrogens with one attached hydrogen (secondary N) is 4. The Hall–Kier alpha value is -5.64. The molecule has 208 valence electrons. The molecule has 0 saturated heterocycles. The number of imide groups is 1. The number of phenolic OH excluding ortho intramolecular Hbond substituents is 1. The summed E-state index contributed by atoms with van der Waals surface area (Å²) >= 11 is 0. The molecule has 0 unspecified atom stereocenters. The number of hydrogen-bond donors (Lipinski definition) is 8. The van der Waals surface area contributed by atoms with Crippen LogP contribution in [-0.4, -0.2) is 60.1 Å². The minimum absolute atomic E-state index is 0.0202. The van der Waals surface area contributed by atoms with Gasteiger partial charge in [0.2, 0.25) is 5.91 Å². The molecule has 15 nitrogen and oxygen atoms in total. The fourth-order valence-electron chi connectivity index (χ4n) is 3.38. The molecule has 0 heterocycles. The third-order valence-electron chi connectivity index (χ3n) is 5.10. The van der Waals surface area contributed by atoms with Gasteiger partial charge in [-0.3, -0.25) is 19.6 Å². The summed E-state index contributed by atoms with van der Waals surface area (Å²) < 4.78 is 28.0. The summed E-state index contributed by atoms with van der Waals surface area (Å²) in [6.07, 6.45) is 0. The number of anilines is 3. The Morgan fingerprint density at radius 3 is 2.15 bits per heavy atom. The van der Waals surface area contributed by atoms with Crippen LogP contribution in [0.25, 0.3) is 0 Å². The Balaban J connectivity index is 1.79. The van der Waals surface area contributed by atoms with E-state index in [0.29, 0.717) is 0 Å². The number of benzene rings is 3. The summed E-state index contributed by atoms with van der Waals surface area (Å²) in [6, 6.07) is 10.7. The molecule has 0 fully saturated rings. The zero-order valence-corrected chi connectivity index (χ0v) is 21.0. The van der Waals surface area contributed by atoms with Gasteiger partial charge in [-0.1, -0.05) is 12.1 Å². The van der Waals surface area contributed by atoms with E-state index < -0.39 is 68.2 Å². The maximum Gasteiger partial charge on any atom is 0.339 e. The lowest BCUT2D eigenvalue weighted by Gasteiger charge is -2.15. The maximum atomic E-state index is 13.0. The van der Waals surface area contributed by atoms with Crippen molar-refractivity contribution < 1.29 is 47.7 Å². The van der Waals surface area contributed by atoms with E-state index in [-0.39, 0.29) is 22.5 Å². The van der Waals surface area contributed by atoms with Crippen molar-refractivity contribution in [2.75, 3.05) is 21.9 Å². The molecule has 40 heavy (non-hydrogen) atoms. The molecule has 0 aliphatic heterocycles. The number of hydrogen-bond acceptors (Lipinski definition) is 9. The minimum Gasteiger partial charge on any atom is -0.506 e. The van der Waals surface area contributed by atoms with Crippen LogP contribution in [-0.2, 0) is 14.8 Å². The molecule has 4 amide bonds. The summed E-state index contributed by atoms with van der Waals surface area (Å²) in [4.78, 5) is 57.6. The number of rotatable bonds is 10. The number of aromatic carboxylic acids is 2. The van der Waals surface area contributed by atoms with Crippen molar-refractivity contribution in [1.29, 1.82) is 0 Å². The summed E-state index contributed by atoms with van der Waals surface area (Å²) in [5, 5.41) is 35.7. The Morgan fingerprint density at radius 1 is 0.825 bits per heavy atom. The van der Waals surface area contributed by atoms with E-state index in [1.54, 1.807) is 0 Å². The number of carbonyl (C=O) groups excluding carboxylic acids is 3. The minimum atomic E-state index is -4.63. The molecule has 0 aromatic heterocycles. The van der Waals surface area contributed by atoms with Gasteiger partial charge in [0.1, 0.15) is 16.2 Å². The number of carboxylic acids is 2. The van der Waals surface area contributed by atoms with E-state index in [1.807, 2.05) is 10.0 Å². The molecule has 3 rings (SSSR count). The lowest BCUT2D eigenvalue weighted by Crippen LogP contribution is -2.35. The number of carboxylic acid groups (broad SMARTS) is 2. The molecule has 0 bridgehead atoms. The van der Waals surface area contributed by atoms with Crippen LogP contribution in [0.3, 0.4) is 0 Å². The lowest BCUT2D eigenvalue weighted by molar-refractivity contribution is -0.114. The van der Waals surface area contributed by atoms with Crippen molar-refractivity contribution in [1.82, 2.24) is 5.32 Å². The largest absolute Gasteiger partial charge is 0.506 e. The molecule has 0 saturated carbocycles. The molecule has 0 aliphatic carbocycles. The van der Waals surface area contributed by atoms with E-state index in [4.69, 9.17) is 10.8 Å². The van der Waals surface area contributed by atoms with Gasteiger partial charge >= 0.3 is 18.0 Å². The van der Waals surface area contributed by atoms with Crippen molar-refractivity contribution in [3.63, 3.8) is 0 Å². The van der Waals surface area contributed by atoms with E-state index in [9.17, 15) is 42.6 Å². The van der Waals surface area contributed by atoms with E-state index in [1.165, 1.54) is 36.4 Å². The highest BCUT2D eigenvalue weighted by Crippen LogP contribution is 2.30. The standard InChI is InChI=1S/C24H21N5O10S/c25-24(37)28-21(32)12-3-1-4-14(9-12)27-19(31)11-26-16-5-2-6-18(20(16)23(35)36)40(38,39)29-15-8-7-13(22(33)34)10-17(15)30/h1-10,26,29-30H,11H2,(H,27,31)(H,33,34)(H,35,36)(H3,25,28,32,37). The van der Waals surface area contributed by atoms with Crippen LogP contribution in [0.15, 0.2) is 65.6 Å². The monoisotopic (exact) mass is 571 g/mol. The van der Waals surface area contributed by atoms with Gasteiger partial charge in [-0.25, -0.2) is 22.8 Å². The molecule has 0 atom stereocenters. The number of urea groups is 1. The molecule has 0 aliphatic rings. The van der Waals surface area contributed by atoms with Crippen LogP contribution < -0.4 is 26.4 Å². The highest BCUT2D eigenvalue weighted by Gasteiger charge is 2.26. The molecule has 9 N–H and O–H groups in total. The second-order valence-electron chi connectivity index (χ2n) is 7.93. The zero-order chi connectivity index (χ0) is 29.6. The van der Waals surface area contributed by atoms with Gasteiger partial charge in [-0.05, 0) is 48.5 Å². The van der Waals surface area contributed by atoms with Gasteiger partial charge < -0.3 is 31.7 Å². The van der Waals surface area contributed by atoms with Crippen molar-refractivity contribution in [3.8, 4) is 5.75 Å². The predicted octanol–water partition coefficient (Wildman–Crippen LogP) is 1.45. The van der Waals surface area contributed by atoms with E-state index >= 15 is 0 Å². The number of phenols is 1. The normalized spacial score (nSPS) is 10.7. The molecule has 16 heteroatoms. The number of primary amides is 1. The third kappa shape index (κ3) is 7.01. The molecular weight excluding hydrogens is 550 g/mol. The summed E-state index contributed by atoms with van der Waals surface area (Å²) in [6.45, 7) is -0.521. The molecule has 0 spiro atoms. The van der Waals surface area contributed by atoms with Crippen LogP contribution in [0.4, 0.5) is 21.9 Å². The average Bonchev–Trinajstić information content (AvgIpc) is 2.87. The average molecular weight is 572 g/mol. The van der Waals surface area contributed by atoms with Gasteiger partial charge in [0.25, 0.3) is 15.9 Å². The topological polar surface area (TPSA) is 254 Å². The fraction of sp³-hybridized carbons (Fsp3) is 0.0417. The SMILES string of the molecule is NC(=O)NC(=O)c1cccc(NC(=O)CNc2cccc(S(=O)(=O)Nc3ccc(C(=O)O)cc3O)c2C(=O)O)c1. The zero-order valence-electron chi connectivity index (χ0n) is 20.2. The molecule has 3 aromatic rings. The van der Waals surface area contributed by atoms with Gasteiger partial charge in [0, 0.05) is 11.3 Å². The smallest absolute Gasteiger partial charge is 0.339 e. The van der Waals surface area contributed by atoms with Crippen molar-refractivity contribution >= 4 is 56.9 Å². The van der Waals surface area contributed by atoms with Gasteiger partial charge in [-0.15, -0.1) is 0 Å². The van der Waals surface area contributed by atoms with Crippen LogP contribution in [0.2, 0.25) is 0 Å². The molecule has 0 radical (unpaired) electrons. The summed E-state index contributed by atoms with van der Waals surface area (Å²) in [7, 11) is -4.63. The van der Waals surface area contributed by atoms with Crippen LogP contribution in [0.1, 0.15) is 31.1 Å². The highest BCUT2D eigenvalue weighted by atomic mass is 32.2. The second-order valence-corrected chi connectivity index (χ2v) is 9.58. The lowest BCUT2D eigenvalue weighted by atomic mass is 10.1. The summed E-state index contributed by atoms with van der Waals surface area (Å²) in [5.41, 5.74) is 3.45.